The lowest BCUT2D eigenvalue weighted by Gasteiger charge is -2.15. The van der Waals surface area contributed by atoms with E-state index in [1.807, 2.05) is 38.1 Å². The Bertz CT molecular complexity index is 2130. The fourth-order valence-corrected chi connectivity index (χ4v) is 5.54. The Morgan fingerprint density at radius 3 is 1.85 bits per heavy atom. The summed E-state index contributed by atoms with van der Waals surface area (Å²) in [6.45, 7) is 11.2. The van der Waals surface area contributed by atoms with Gasteiger partial charge in [0.1, 0.15) is 23.0 Å². The van der Waals surface area contributed by atoms with E-state index in [0.29, 0.717) is 47.0 Å². The van der Waals surface area contributed by atoms with Crippen molar-refractivity contribution in [2.75, 3.05) is 6.61 Å². The SMILES string of the molecule is C=COC(=O)CCCCCCOc1ccc2cc(OC(=O)c3ccc(OC(=O)c4ccc5cc(OC(=O)C=C)ccc5c4)c(C(C)C)c3)ccc2c1. The van der Waals surface area contributed by atoms with Crippen LogP contribution in [0.2, 0.25) is 0 Å². The van der Waals surface area contributed by atoms with E-state index >= 15 is 0 Å². The van der Waals surface area contributed by atoms with Crippen LogP contribution in [0.4, 0.5) is 0 Å². The molecule has 0 heterocycles. The minimum Gasteiger partial charge on any atom is -0.494 e. The fourth-order valence-electron chi connectivity index (χ4n) is 5.54. The van der Waals surface area contributed by atoms with Gasteiger partial charge in [-0.05, 0) is 113 Å². The molecule has 0 aliphatic rings. The molecule has 52 heavy (non-hydrogen) atoms. The molecule has 0 atom stereocenters. The number of fused-ring (bicyclic) bond motifs is 2. The van der Waals surface area contributed by atoms with Crippen LogP contribution in [0.25, 0.3) is 21.5 Å². The summed E-state index contributed by atoms with van der Waals surface area (Å²) in [6, 6.07) is 26.2. The first-order valence-electron chi connectivity index (χ1n) is 17.1. The Hall–Kier alpha value is -6.22. The number of ether oxygens (including phenoxy) is 5. The molecule has 0 spiro atoms. The van der Waals surface area contributed by atoms with E-state index in [-0.39, 0.29) is 11.9 Å². The van der Waals surface area contributed by atoms with Gasteiger partial charge in [0.2, 0.25) is 0 Å². The Balaban J connectivity index is 1.18. The lowest BCUT2D eigenvalue weighted by atomic mass is 9.99. The molecule has 0 aliphatic carbocycles. The number of rotatable bonds is 16. The molecular formula is C43H40O9. The van der Waals surface area contributed by atoms with Crippen molar-refractivity contribution < 1.29 is 42.9 Å². The number of unbranched alkanes of at least 4 members (excludes halogenated alkanes) is 3. The highest BCUT2D eigenvalue weighted by molar-refractivity contribution is 5.97. The fraction of sp³-hybridized carbons (Fsp3) is 0.209. The number of hydrogen-bond acceptors (Lipinski definition) is 9. The van der Waals surface area contributed by atoms with E-state index in [9.17, 15) is 19.2 Å². The van der Waals surface area contributed by atoms with Crippen LogP contribution >= 0.6 is 0 Å². The number of carbonyl (C=O) groups excluding carboxylic acids is 4. The average molecular weight is 701 g/mol. The van der Waals surface area contributed by atoms with Gasteiger partial charge in [0, 0.05) is 12.5 Å². The van der Waals surface area contributed by atoms with Crippen molar-refractivity contribution in [3.8, 4) is 23.0 Å². The molecule has 9 heteroatoms. The first kappa shape index (κ1) is 37.0. The minimum atomic E-state index is -0.558. The van der Waals surface area contributed by atoms with Crippen molar-refractivity contribution >= 4 is 45.4 Å². The molecule has 266 valence electrons. The van der Waals surface area contributed by atoms with Crippen LogP contribution in [0.3, 0.4) is 0 Å². The van der Waals surface area contributed by atoms with Gasteiger partial charge in [-0.1, -0.05) is 64.1 Å². The zero-order chi connectivity index (χ0) is 37.0. The maximum atomic E-state index is 13.2. The molecule has 0 radical (unpaired) electrons. The number of carbonyl (C=O) groups is 4. The normalized spacial score (nSPS) is 10.8. The Morgan fingerprint density at radius 2 is 1.17 bits per heavy atom. The molecule has 0 amide bonds. The van der Waals surface area contributed by atoms with Gasteiger partial charge in [-0.15, -0.1) is 0 Å². The van der Waals surface area contributed by atoms with E-state index in [1.54, 1.807) is 66.7 Å². The van der Waals surface area contributed by atoms with Crippen molar-refractivity contribution in [3.63, 3.8) is 0 Å². The quantitative estimate of drug-likeness (QED) is 0.0326. The van der Waals surface area contributed by atoms with Crippen molar-refractivity contribution in [3.05, 3.63) is 133 Å². The van der Waals surface area contributed by atoms with E-state index in [2.05, 4.69) is 13.2 Å². The van der Waals surface area contributed by atoms with Crippen molar-refractivity contribution in [2.45, 2.75) is 51.9 Å². The Labute approximate surface area is 302 Å². The topological polar surface area (TPSA) is 114 Å². The maximum Gasteiger partial charge on any atom is 0.343 e. The summed E-state index contributed by atoms with van der Waals surface area (Å²) in [4.78, 5) is 49.3. The van der Waals surface area contributed by atoms with Gasteiger partial charge in [0.05, 0.1) is 24.0 Å². The zero-order valence-electron chi connectivity index (χ0n) is 29.2. The van der Waals surface area contributed by atoms with Gasteiger partial charge >= 0.3 is 23.9 Å². The Morgan fingerprint density at radius 1 is 0.615 bits per heavy atom. The van der Waals surface area contributed by atoms with Crippen molar-refractivity contribution in [1.29, 1.82) is 0 Å². The van der Waals surface area contributed by atoms with Gasteiger partial charge in [-0.2, -0.15) is 0 Å². The maximum absolute atomic E-state index is 13.2. The molecule has 5 aromatic carbocycles. The first-order chi connectivity index (χ1) is 25.1. The molecule has 5 aromatic rings. The van der Waals surface area contributed by atoms with E-state index in [0.717, 1.165) is 65.3 Å². The molecule has 0 aromatic heterocycles. The molecule has 0 bridgehead atoms. The molecule has 0 N–H and O–H groups in total. The van der Waals surface area contributed by atoms with Gasteiger partial charge in [-0.3, -0.25) is 4.79 Å². The minimum absolute atomic E-state index is 0.0610. The summed E-state index contributed by atoms with van der Waals surface area (Å²) in [5.41, 5.74) is 1.34. The third-order valence-electron chi connectivity index (χ3n) is 8.26. The van der Waals surface area contributed by atoms with Crippen LogP contribution in [0.1, 0.15) is 78.1 Å². The highest BCUT2D eigenvalue weighted by Crippen LogP contribution is 2.31. The summed E-state index contributed by atoms with van der Waals surface area (Å²) in [5.74, 6) is -0.109. The van der Waals surface area contributed by atoms with Crippen LogP contribution in [-0.4, -0.2) is 30.5 Å². The van der Waals surface area contributed by atoms with Gasteiger partial charge in [0.25, 0.3) is 0 Å². The second-order valence-corrected chi connectivity index (χ2v) is 12.4. The van der Waals surface area contributed by atoms with E-state index < -0.39 is 17.9 Å². The van der Waals surface area contributed by atoms with Gasteiger partial charge in [0.15, 0.2) is 0 Å². The lowest BCUT2D eigenvalue weighted by Crippen LogP contribution is -2.13. The number of hydrogen-bond donors (Lipinski definition) is 0. The van der Waals surface area contributed by atoms with Crippen LogP contribution in [0.15, 0.2) is 116 Å². The molecule has 5 rings (SSSR count). The summed E-state index contributed by atoms with van der Waals surface area (Å²) in [5, 5.41) is 3.38. The Kier molecular flexibility index (Phi) is 12.6. The second-order valence-electron chi connectivity index (χ2n) is 12.4. The van der Waals surface area contributed by atoms with E-state index in [1.165, 1.54) is 0 Å². The standard InChI is InChI=1S/C43H40O9/c1-5-40(44)50-36-19-15-29-23-33(13-12-30(29)25-36)43(47)52-39-21-17-34(27-38(39)28(3)4)42(46)51-37-20-16-31-24-35(18-14-32(31)26-37)49-22-10-8-7-9-11-41(45)48-6-2/h5-6,12-21,23-28H,1-2,7-11,22H2,3-4H3. The second kappa shape index (κ2) is 17.6. The molecule has 0 saturated carbocycles. The third kappa shape index (κ3) is 9.94. The summed E-state index contributed by atoms with van der Waals surface area (Å²) in [7, 11) is 0. The summed E-state index contributed by atoms with van der Waals surface area (Å²) < 4.78 is 27.4. The molecule has 0 unspecified atom stereocenters. The highest BCUT2D eigenvalue weighted by Gasteiger charge is 2.18. The van der Waals surface area contributed by atoms with E-state index in [4.69, 9.17) is 23.7 Å². The van der Waals surface area contributed by atoms with Crippen molar-refractivity contribution in [1.82, 2.24) is 0 Å². The first-order valence-corrected chi connectivity index (χ1v) is 17.1. The zero-order valence-corrected chi connectivity index (χ0v) is 29.2. The van der Waals surface area contributed by atoms with Crippen LogP contribution in [0.5, 0.6) is 23.0 Å². The van der Waals surface area contributed by atoms with Crippen LogP contribution < -0.4 is 18.9 Å². The third-order valence-corrected chi connectivity index (χ3v) is 8.26. The number of esters is 4. The molecular weight excluding hydrogens is 660 g/mol. The van der Waals surface area contributed by atoms with Gasteiger partial charge < -0.3 is 23.7 Å². The average Bonchev–Trinajstić information content (AvgIpc) is 3.14. The van der Waals surface area contributed by atoms with Gasteiger partial charge in [-0.25, -0.2) is 14.4 Å². The predicted molar refractivity (Wildman–Crippen MR) is 199 cm³/mol. The smallest absolute Gasteiger partial charge is 0.343 e. The molecule has 0 aliphatic heterocycles. The highest BCUT2D eigenvalue weighted by atomic mass is 16.5. The monoisotopic (exact) mass is 700 g/mol. The predicted octanol–water partition coefficient (Wildman–Crippen LogP) is 9.66. The largest absolute Gasteiger partial charge is 0.494 e. The summed E-state index contributed by atoms with van der Waals surface area (Å²) in [6.07, 6.45) is 6.12. The van der Waals surface area contributed by atoms with Crippen LogP contribution in [0, 0.1) is 0 Å². The molecule has 0 fully saturated rings. The lowest BCUT2D eigenvalue weighted by molar-refractivity contribution is -0.138. The summed E-state index contributed by atoms with van der Waals surface area (Å²) >= 11 is 0. The number of benzene rings is 5. The van der Waals surface area contributed by atoms with Crippen LogP contribution in [-0.2, 0) is 14.3 Å². The molecule has 0 saturated heterocycles. The van der Waals surface area contributed by atoms with Crippen molar-refractivity contribution in [2.24, 2.45) is 0 Å². The molecule has 9 nitrogen and oxygen atoms in total.